The van der Waals surface area contributed by atoms with Gasteiger partial charge < -0.3 is 69.4 Å². The summed E-state index contributed by atoms with van der Waals surface area (Å²) >= 11 is 0. The fraction of sp³-hybridized carbons (Fsp3) is 0.481. The standard InChI is InChI=1S/C28H37N5O.C27H35N5O2.C26H31N5O2/c1-4-16-32(2)22-12-13-25-24(19-22)27(31-28(30-25)29-21-8-7-9-21)33-17-14-20(15-18-33)23-10-5-6-11-26(23)34-3;1-31(16-17-33)21-10-11-24-23(18-21)26(30-27(29-24)28-20-6-5-7-20)32-14-12-19(13-15-32)22-8-3-4-9-25(22)34-2;1-29(11-12-32)19-9-10-21-20(13-19)25(28-24(27-21)18-7-8-18)31-16-26(17-31)14-30(15-26)22-5-3-4-6-23(22)33-2/h5-6,10-13,19-21H,4,7-9,14-18H2,1-3H3,(H,29,30,31);3-4,8-11,18-20,33H,5-7,12-17H2,1-2H3,(H,28,29,30);3-6,9-10,13,18,32H,7-8,11-12,14-17H2,1-2H3. The molecule has 4 aliphatic heterocycles. The zero-order valence-corrected chi connectivity index (χ0v) is 60.3. The molecular weight excluding hydrogens is 1260 g/mol. The largest absolute Gasteiger partial charge is 0.496 e. The first-order chi connectivity index (χ1) is 49.4. The molecule has 3 aromatic heterocycles. The smallest absolute Gasteiger partial charge is 0.225 e. The molecule has 16 rings (SSSR count). The summed E-state index contributed by atoms with van der Waals surface area (Å²) in [5, 5.41) is 29.2. The van der Waals surface area contributed by atoms with E-state index in [1.165, 1.54) is 73.9 Å². The number of aliphatic hydroxyl groups is 2. The third kappa shape index (κ3) is 15.3. The first-order valence-corrected chi connectivity index (χ1v) is 37.1. The second-order valence-electron chi connectivity index (χ2n) is 29.2. The molecule has 1 spiro atoms. The lowest BCUT2D eigenvalue weighted by Crippen LogP contribution is -2.72. The number of nitrogens with one attached hydrogen (secondary N) is 2. The summed E-state index contributed by atoms with van der Waals surface area (Å²) in [6, 6.07) is 45.5. The van der Waals surface area contributed by atoms with Crippen LogP contribution < -0.4 is 59.1 Å². The Morgan fingerprint density at radius 3 is 1.26 bits per heavy atom. The Morgan fingerprint density at radius 2 is 0.842 bits per heavy atom. The van der Waals surface area contributed by atoms with Crippen LogP contribution in [0.25, 0.3) is 32.7 Å². The highest BCUT2D eigenvalue weighted by Crippen LogP contribution is 2.49. The van der Waals surface area contributed by atoms with Crippen LogP contribution in [0.1, 0.15) is 125 Å². The number of para-hydroxylation sites is 4. The zero-order chi connectivity index (χ0) is 69.6. The Labute approximate surface area is 596 Å². The molecule has 101 heavy (non-hydrogen) atoms. The molecule has 7 fully saturated rings. The SMILES string of the molecule is CCCN(C)c1ccc2nc(NC3CCC3)nc(N3CCC(c4ccccc4OC)CC3)c2c1.COc1ccccc1C1CCN(c2nc(NC3CCC3)nc3ccc(N(C)CCO)cc23)CC1.COc1ccccc1N1CC2(C1)CN(c1nc(C3CC3)nc3ccc(N(C)CCO)cc13)C2. The quantitative estimate of drug-likeness (QED) is 0.0472. The molecule has 4 N–H and O–H groups in total. The lowest BCUT2D eigenvalue weighted by molar-refractivity contribution is 0.155. The van der Waals surface area contributed by atoms with E-state index in [9.17, 15) is 10.2 Å². The van der Waals surface area contributed by atoms with Gasteiger partial charge in [-0.25, -0.2) is 19.9 Å². The average Bonchev–Trinajstić information content (AvgIpc) is 1.66. The number of likely N-dealkylation sites (N-methyl/N-ethyl adjacent to an activating group) is 2. The third-order valence-electron chi connectivity index (χ3n) is 22.1. The van der Waals surface area contributed by atoms with Crippen molar-refractivity contribution in [2.75, 3.05) is 173 Å². The van der Waals surface area contributed by atoms with Gasteiger partial charge in [-0.1, -0.05) is 55.5 Å². The lowest BCUT2D eigenvalue weighted by Gasteiger charge is -2.61. The van der Waals surface area contributed by atoms with Crippen molar-refractivity contribution < 1.29 is 24.4 Å². The first kappa shape index (κ1) is 69.0. The Morgan fingerprint density at radius 1 is 0.436 bits per heavy atom. The van der Waals surface area contributed by atoms with E-state index in [0.29, 0.717) is 48.3 Å². The van der Waals surface area contributed by atoms with Gasteiger partial charge in [0.15, 0.2) is 0 Å². The van der Waals surface area contributed by atoms with Crippen LogP contribution in [0.3, 0.4) is 0 Å². The number of hydrogen-bond acceptors (Lipinski definition) is 20. The highest BCUT2D eigenvalue weighted by molar-refractivity contribution is 5.95. The molecule has 20 heteroatoms. The number of aromatic nitrogens is 6. The molecule has 7 aliphatic rings. The van der Waals surface area contributed by atoms with E-state index in [0.717, 1.165) is 188 Å². The number of ether oxygens (including phenoxy) is 3. The Hall–Kier alpha value is -9.14. The molecule has 0 bridgehead atoms. The van der Waals surface area contributed by atoms with Crippen LogP contribution in [0.5, 0.6) is 17.2 Å². The molecule has 9 aromatic rings. The summed E-state index contributed by atoms with van der Waals surface area (Å²) in [7, 11) is 11.4. The fourth-order valence-electron chi connectivity index (χ4n) is 15.6. The molecular formula is C81H103N15O5. The molecule has 0 atom stereocenters. The normalized spacial score (nSPS) is 17.6. The maximum atomic E-state index is 9.38. The van der Waals surface area contributed by atoms with Gasteiger partial charge in [0.05, 0.1) is 56.8 Å². The molecule has 0 amide bonds. The molecule has 7 heterocycles. The number of piperidine rings is 2. The van der Waals surface area contributed by atoms with Crippen LogP contribution in [0.4, 0.5) is 52.1 Å². The van der Waals surface area contributed by atoms with Gasteiger partial charge in [-0.2, -0.15) is 9.97 Å². The average molecular weight is 1370 g/mol. The monoisotopic (exact) mass is 1370 g/mol. The summed E-state index contributed by atoms with van der Waals surface area (Å²) in [5.41, 5.74) is 10.5. The summed E-state index contributed by atoms with van der Waals surface area (Å²) in [6.07, 6.45) is 15.2. The van der Waals surface area contributed by atoms with Crippen molar-refractivity contribution >= 4 is 84.8 Å². The van der Waals surface area contributed by atoms with Crippen LogP contribution in [0.15, 0.2) is 127 Å². The molecule has 0 unspecified atom stereocenters. The van der Waals surface area contributed by atoms with E-state index in [1.54, 1.807) is 21.3 Å². The van der Waals surface area contributed by atoms with Crippen LogP contribution in [-0.2, 0) is 0 Å². The lowest BCUT2D eigenvalue weighted by atomic mass is 9.72. The number of anilines is 9. The van der Waals surface area contributed by atoms with Gasteiger partial charge in [-0.05, 0) is 185 Å². The fourth-order valence-corrected chi connectivity index (χ4v) is 15.6. The Kier molecular flexibility index (Phi) is 21.2. The molecule has 6 aromatic carbocycles. The summed E-state index contributed by atoms with van der Waals surface area (Å²) < 4.78 is 16.8. The van der Waals surface area contributed by atoms with Crippen molar-refractivity contribution in [3.05, 3.63) is 144 Å². The van der Waals surface area contributed by atoms with E-state index in [1.807, 2.05) is 38.4 Å². The predicted octanol–water partition coefficient (Wildman–Crippen LogP) is 13.5. The highest BCUT2D eigenvalue weighted by atomic mass is 16.5. The third-order valence-corrected chi connectivity index (χ3v) is 22.1. The minimum absolute atomic E-state index is 0.124. The van der Waals surface area contributed by atoms with Gasteiger partial charge >= 0.3 is 0 Å². The van der Waals surface area contributed by atoms with E-state index in [-0.39, 0.29) is 13.2 Å². The van der Waals surface area contributed by atoms with Crippen molar-refractivity contribution in [3.63, 3.8) is 0 Å². The van der Waals surface area contributed by atoms with Gasteiger partial charge in [0.25, 0.3) is 0 Å². The number of rotatable bonds is 23. The maximum absolute atomic E-state index is 9.38. The Bertz CT molecular complexity index is 4110. The summed E-state index contributed by atoms with van der Waals surface area (Å²) in [6.45, 7) is 12.7. The number of hydrogen-bond donors (Lipinski definition) is 4. The minimum Gasteiger partial charge on any atom is -0.496 e. The van der Waals surface area contributed by atoms with Gasteiger partial charge in [0, 0.05) is 150 Å². The van der Waals surface area contributed by atoms with Gasteiger partial charge in [0.2, 0.25) is 11.9 Å². The van der Waals surface area contributed by atoms with Crippen LogP contribution in [0.2, 0.25) is 0 Å². The Balaban J connectivity index is 0.000000129. The van der Waals surface area contributed by atoms with E-state index in [4.69, 9.17) is 44.1 Å². The van der Waals surface area contributed by atoms with Gasteiger partial charge in [-0.3, -0.25) is 0 Å². The molecule has 532 valence electrons. The number of nitrogens with zero attached hydrogens (tertiary/aromatic N) is 13. The highest BCUT2D eigenvalue weighted by Gasteiger charge is 2.53. The molecule has 3 aliphatic carbocycles. The summed E-state index contributed by atoms with van der Waals surface area (Å²) in [5.74, 6) is 10.1. The summed E-state index contributed by atoms with van der Waals surface area (Å²) in [4.78, 5) is 46.0. The van der Waals surface area contributed by atoms with E-state index in [2.05, 4.69) is 162 Å². The second kappa shape index (κ2) is 31.0. The predicted molar refractivity (Wildman–Crippen MR) is 412 cm³/mol. The molecule has 20 nitrogen and oxygen atoms in total. The maximum Gasteiger partial charge on any atom is 0.225 e. The number of methoxy groups -OCH3 is 3. The topological polar surface area (TPSA) is 192 Å². The first-order valence-electron chi connectivity index (χ1n) is 37.1. The van der Waals surface area contributed by atoms with E-state index >= 15 is 0 Å². The minimum atomic E-state index is 0.124. The molecule has 4 saturated heterocycles. The van der Waals surface area contributed by atoms with Gasteiger partial charge in [-0.15, -0.1) is 0 Å². The number of aliphatic hydroxyl groups excluding tert-OH is 2. The van der Waals surface area contributed by atoms with Crippen LogP contribution >= 0.6 is 0 Å². The molecule has 0 radical (unpaired) electrons. The van der Waals surface area contributed by atoms with Crippen molar-refractivity contribution in [2.24, 2.45) is 5.41 Å². The van der Waals surface area contributed by atoms with Crippen molar-refractivity contribution in [3.8, 4) is 17.2 Å². The molecule has 3 saturated carbocycles. The van der Waals surface area contributed by atoms with Crippen molar-refractivity contribution in [1.82, 2.24) is 29.9 Å². The zero-order valence-electron chi connectivity index (χ0n) is 60.3. The van der Waals surface area contributed by atoms with Gasteiger partial charge in [0.1, 0.15) is 40.5 Å². The number of benzene rings is 6. The second-order valence-corrected chi connectivity index (χ2v) is 29.2. The van der Waals surface area contributed by atoms with E-state index < -0.39 is 0 Å². The number of fused-ring (bicyclic) bond motifs is 3. The van der Waals surface area contributed by atoms with Crippen LogP contribution in [0, 0.1) is 5.41 Å². The van der Waals surface area contributed by atoms with Crippen LogP contribution in [-0.4, -0.2) is 180 Å². The van der Waals surface area contributed by atoms with Crippen molar-refractivity contribution in [2.45, 2.75) is 120 Å². The van der Waals surface area contributed by atoms with Crippen molar-refractivity contribution in [1.29, 1.82) is 0 Å².